The smallest absolute Gasteiger partial charge is 0.277 e. The van der Waals surface area contributed by atoms with Gasteiger partial charge >= 0.3 is 0 Å². The van der Waals surface area contributed by atoms with Crippen LogP contribution in [-0.4, -0.2) is 45.0 Å². The Morgan fingerprint density at radius 2 is 2.00 bits per heavy atom. The number of carbonyl (C=O) groups is 1. The third-order valence-electron chi connectivity index (χ3n) is 3.91. The second-order valence-electron chi connectivity index (χ2n) is 5.85. The molecule has 0 atom stereocenters. The summed E-state index contributed by atoms with van der Waals surface area (Å²) >= 11 is 5.78. The van der Waals surface area contributed by atoms with E-state index in [1.165, 1.54) is 12.3 Å². The first-order valence-corrected chi connectivity index (χ1v) is 8.82. The Morgan fingerprint density at radius 1 is 1.26 bits per heavy atom. The van der Waals surface area contributed by atoms with Gasteiger partial charge in [0.15, 0.2) is 6.61 Å². The molecule has 1 aliphatic heterocycles. The number of hydrogen-bond acceptors (Lipinski definition) is 5. The van der Waals surface area contributed by atoms with Crippen molar-refractivity contribution in [3.63, 3.8) is 0 Å². The van der Waals surface area contributed by atoms with Crippen molar-refractivity contribution in [1.82, 2.24) is 5.43 Å². The van der Waals surface area contributed by atoms with Crippen LogP contribution in [0.4, 0.5) is 10.1 Å². The van der Waals surface area contributed by atoms with Crippen LogP contribution in [0.5, 0.6) is 5.75 Å². The van der Waals surface area contributed by atoms with Gasteiger partial charge in [-0.1, -0.05) is 17.7 Å². The molecule has 0 aromatic heterocycles. The quantitative estimate of drug-likeness (QED) is 0.607. The first-order valence-electron chi connectivity index (χ1n) is 8.44. The lowest BCUT2D eigenvalue weighted by Crippen LogP contribution is -2.36. The van der Waals surface area contributed by atoms with Crippen LogP contribution in [0.3, 0.4) is 0 Å². The van der Waals surface area contributed by atoms with E-state index in [9.17, 15) is 9.18 Å². The number of carbonyl (C=O) groups excluding carboxylic acids is 1. The minimum atomic E-state index is -0.424. The summed E-state index contributed by atoms with van der Waals surface area (Å²) < 4.78 is 24.9. The molecule has 1 heterocycles. The molecule has 1 fully saturated rings. The molecule has 2 aromatic carbocycles. The van der Waals surface area contributed by atoms with Gasteiger partial charge in [0.1, 0.15) is 11.6 Å². The van der Waals surface area contributed by atoms with Crippen molar-refractivity contribution in [3.05, 3.63) is 58.9 Å². The van der Waals surface area contributed by atoms with Crippen LogP contribution in [0.2, 0.25) is 5.02 Å². The van der Waals surface area contributed by atoms with Gasteiger partial charge in [-0.15, -0.1) is 0 Å². The van der Waals surface area contributed by atoms with Crippen molar-refractivity contribution in [3.8, 4) is 5.75 Å². The molecule has 0 spiro atoms. The van der Waals surface area contributed by atoms with Crippen LogP contribution in [0.1, 0.15) is 5.56 Å². The summed E-state index contributed by atoms with van der Waals surface area (Å²) in [6.45, 7) is 2.31. The van der Waals surface area contributed by atoms with Crippen LogP contribution < -0.4 is 15.1 Å². The lowest BCUT2D eigenvalue weighted by atomic mass is 10.2. The van der Waals surface area contributed by atoms with Gasteiger partial charge in [-0.3, -0.25) is 4.79 Å². The molecule has 0 aliphatic carbocycles. The summed E-state index contributed by atoms with van der Waals surface area (Å²) in [6.07, 6.45) is 1.38. The van der Waals surface area contributed by atoms with Gasteiger partial charge in [-0.05, 0) is 42.0 Å². The number of ether oxygens (including phenoxy) is 2. The normalized spacial score (nSPS) is 14.4. The molecule has 1 aliphatic rings. The minimum Gasteiger partial charge on any atom is -0.484 e. The fourth-order valence-electron chi connectivity index (χ4n) is 2.55. The Bertz CT molecular complexity index is 808. The summed E-state index contributed by atoms with van der Waals surface area (Å²) in [7, 11) is 0. The molecule has 0 saturated carbocycles. The zero-order chi connectivity index (χ0) is 19.1. The number of anilines is 1. The van der Waals surface area contributed by atoms with E-state index in [1.54, 1.807) is 36.4 Å². The molecule has 1 amide bonds. The van der Waals surface area contributed by atoms with Crippen molar-refractivity contribution in [2.24, 2.45) is 5.10 Å². The highest BCUT2D eigenvalue weighted by atomic mass is 35.5. The van der Waals surface area contributed by atoms with Gasteiger partial charge in [-0.2, -0.15) is 5.10 Å². The monoisotopic (exact) mass is 391 g/mol. The predicted molar refractivity (Wildman–Crippen MR) is 102 cm³/mol. The van der Waals surface area contributed by atoms with Crippen molar-refractivity contribution >= 4 is 29.4 Å². The Balaban J connectivity index is 1.49. The molecule has 0 unspecified atom stereocenters. The fourth-order valence-corrected chi connectivity index (χ4v) is 2.68. The largest absolute Gasteiger partial charge is 0.484 e. The molecule has 8 heteroatoms. The topological polar surface area (TPSA) is 63.2 Å². The molecule has 6 nitrogen and oxygen atoms in total. The molecule has 27 heavy (non-hydrogen) atoms. The van der Waals surface area contributed by atoms with Crippen LogP contribution in [0, 0.1) is 5.82 Å². The number of hydrazone groups is 1. The highest BCUT2D eigenvalue weighted by molar-refractivity contribution is 6.30. The SMILES string of the molecule is O=C(COc1ccc(Cl)cc1)N/N=C\c1ccc(N2CCOCC2)c(F)c1. The molecule has 2 aromatic rings. The van der Waals surface area contributed by atoms with E-state index < -0.39 is 5.91 Å². The Kier molecular flexibility index (Phi) is 6.62. The average Bonchev–Trinajstić information content (AvgIpc) is 2.68. The average molecular weight is 392 g/mol. The van der Waals surface area contributed by atoms with E-state index in [0.717, 1.165) is 0 Å². The van der Waals surface area contributed by atoms with Crippen molar-refractivity contribution in [2.75, 3.05) is 37.8 Å². The van der Waals surface area contributed by atoms with E-state index in [-0.39, 0.29) is 12.4 Å². The molecular formula is C19H19ClFN3O3. The van der Waals surface area contributed by atoms with Gasteiger partial charge in [0.05, 0.1) is 25.1 Å². The molecule has 0 bridgehead atoms. The first kappa shape index (κ1) is 19.1. The maximum absolute atomic E-state index is 14.3. The minimum absolute atomic E-state index is 0.191. The highest BCUT2D eigenvalue weighted by Gasteiger charge is 2.14. The third kappa shape index (κ3) is 5.67. The third-order valence-corrected chi connectivity index (χ3v) is 4.16. The number of benzene rings is 2. The number of morpholine rings is 1. The lowest BCUT2D eigenvalue weighted by molar-refractivity contribution is -0.123. The zero-order valence-electron chi connectivity index (χ0n) is 14.5. The standard InChI is InChI=1S/C19H19ClFN3O3/c20-15-2-4-16(5-3-15)27-13-19(25)23-22-12-14-1-6-18(17(21)11-14)24-7-9-26-10-8-24/h1-6,11-12H,7-10,13H2,(H,23,25)/b22-12-. The maximum atomic E-state index is 14.3. The Morgan fingerprint density at radius 3 is 2.70 bits per heavy atom. The Labute approximate surface area is 161 Å². The van der Waals surface area contributed by atoms with Crippen molar-refractivity contribution < 1.29 is 18.7 Å². The summed E-state index contributed by atoms with van der Waals surface area (Å²) in [4.78, 5) is 13.7. The van der Waals surface area contributed by atoms with E-state index in [4.69, 9.17) is 21.1 Å². The van der Waals surface area contributed by atoms with Crippen LogP contribution in [0.15, 0.2) is 47.6 Å². The summed E-state index contributed by atoms with van der Waals surface area (Å²) in [5.41, 5.74) is 3.42. The number of nitrogens with one attached hydrogen (secondary N) is 1. The second kappa shape index (κ2) is 9.34. The summed E-state index contributed by atoms with van der Waals surface area (Å²) in [5, 5.41) is 4.41. The molecule has 142 valence electrons. The van der Waals surface area contributed by atoms with Gasteiger partial charge < -0.3 is 14.4 Å². The van der Waals surface area contributed by atoms with Crippen LogP contribution in [0.25, 0.3) is 0 Å². The molecular weight excluding hydrogens is 373 g/mol. The van der Waals surface area contributed by atoms with Gasteiger partial charge in [0.2, 0.25) is 0 Å². The molecule has 1 N–H and O–H groups in total. The van der Waals surface area contributed by atoms with Crippen molar-refractivity contribution in [1.29, 1.82) is 0 Å². The second-order valence-corrected chi connectivity index (χ2v) is 6.28. The number of rotatable bonds is 6. The van der Waals surface area contributed by atoms with Gasteiger partial charge in [0.25, 0.3) is 5.91 Å². The fraction of sp³-hybridized carbons (Fsp3) is 0.263. The number of amides is 1. The van der Waals surface area contributed by atoms with Crippen LogP contribution >= 0.6 is 11.6 Å². The van der Waals surface area contributed by atoms with E-state index in [2.05, 4.69) is 10.5 Å². The molecule has 1 saturated heterocycles. The van der Waals surface area contributed by atoms with E-state index in [1.807, 2.05) is 4.90 Å². The van der Waals surface area contributed by atoms with E-state index >= 15 is 0 Å². The first-order chi connectivity index (χ1) is 13.1. The lowest BCUT2D eigenvalue weighted by Gasteiger charge is -2.29. The Hall–Kier alpha value is -2.64. The van der Waals surface area contributed by atoms with Crippen molar-refractivity contribution in [2.45, 2.75) is 0 Å². The number of hydrogen-bond donors (Lipinski definition) is 1. The molecule has 3 rings (SSSR count). The summed E-state index contributed by atoms with van der Waals surface area (Å²) in [5.74, 6) is -0.232. The molecule has 0 radical (unpaired) electrons. The summed E-state index contributed by atoms with van der Waals surface area (Å²) in [6, 6.07) is 11.5. The van der Waals surface area contributed by atoms with Gasteiger partial charge in [0, 0.05) is 18.1 Å². The van der Waals surface area contributed by atoms with E-state index in [0.29, 0.717) is 48.3 Å². The van der Waals surface area contributed by atoms with Crippen LogP contribution in [-0.2, 0) is 9.53 Å². The predicted octanol–water partition coefficient (Wildman–Crippen LogP) is 2.84. The van der Waals surface area contributed by atoms with Gasteiger partial charge in [-0.25, -0.2) is 9.82 Å². The highest BCUT2D eigenvalue weighted by Crippen LogP contribution is 2.21. The zero-order valence-corrected chi connectivity index (χ0v) is 15.3. The maximum Gasteiger partial charge on any atom is 0.277 e. The number of nitrogens with zero attached hydrogens (tertiary/aromatic N) is 2. The number of halogens is 2.